The van der Waals surface area contributed by atoms with Gasteiger partial charge in [0.1, 0.15) is 0 Å². The van der Waals surface area contributed by atoms with E-state index in [2.05, 4.69) is 4.90 Å². The van der Waals surface area contributed by atoms with Gasteiger partial charge in [0.25, 0.3) is 0 Å². The number of carbonyl (C=O) groups excluding carboxylic acids is 2. The van der Waals surface area contributed by atoms with E-state index in [-0.39, 0.29) is 11.1 Å². The maximum atomic E-state index is 11.8. The Kier molecular flexibility index (Phi) is 3.89. The lowest BCUT2D eigenvalue weighted by Crippen LogP contribution is -2.21. The van der Waals surface area contributed by atoms with E-state index in [1.807, 2.05) is 0 Å². The third-order valence-corrected chi connectivity index (χ3v) is 3.56. The molecule has 4 nitrogen and oxygen atoms in total. The Balaban J connectivity index is 2.07. The minimum atomic E-state index is -0.387. The van der Waals surface area contributed by atoms with Crippen molar-refractivity contribution < 1.29 is 14.3 Å². The first kappa shape index (κ1) is 12.2. The zero-order valence-corrected chi connectivity index (χ0v) is 10.6. The second-order valence-electron chi connectivity index (χ2n) is 3.91. The number of rotatable bonds is 3. The van der Waals surface area contributed by atoms with Crippen LogP contribution in [0.1, 0.15) is 19.8 Å². The summed E-state index contributed by atoms with van der Waals surface area (Å²) in [6, 6.07) is 0. The Labute approximate surface area is 105 Å². The molecular formula is C12H15NO3S. The van der Waals surface area contributed by atoms with Gasteiger partial charge in [0.05, 0.1) is 12.3 Å². The number of ether oxygens (including phenoxy) is 1. The van der Waals surface area contributed by atoms with Crippen molar-refractivity contribution in [2.24, 2.45) is 0 Å². The summed E-state index contributed by atoms with van der Waals surface area (Å²) in [5.74, 6) is -0.387. The molecule has 0 unspecified atom stereocenters. The van der Waals surface area contributed by atoms with Gasteiger partial charge in [0.2, 0.25) is 5.12 Å². The Morgan fingerprint density at radius 3 is 2.88 bits per heavy atom. The van der Waals surface area contributed by atoms with E-state index >= 15 is 0 Å². The molecule has 0 aromatic carbocycles. The molecule has 0 radical (unpaired) electrons. The number of likely N-dealkylation sites (tertiary alicyclic amines) is 1. The predicted octanol–water partition coefficient (Wildman–Crippen LogP) is 1.69. The SMILES string of the molecule is CCOC(=O)/C=C1/C=C(N2CCCC2)C(=O)S1. The van der Waals surface area contributed by atoms with Crippen LogP contribution in [0.15, 0.2) is 22.8 Å². The molecule has 92 valence electrons. The van der Waals surface area contributed by atoms with Crippen molar-refractivity contribution >= 4 is 22.8 Å². The molecule has 1 fully saturated rings. The molecule has 2 aliphatic rings. The Hall–Kier alpha value is -1.23. The van der Waals surface area contributed by atoms with E-state index in [1.165, 1.54) is 6.08 Å². The number of carbonyl (C=O) groups is 2. The number of esters is 1. The summed E-state index contributed by atoms with van der Waals surface area (Å²) in [5.41, 5.74) is 0.725. The van der Waals surface area contributed by atoms with Crippen LogP contribution in [0, 0.1) is 0 Å². The van der Waals surface area contributed by atoms with Gasteiger partial charge in [0, 0.05) is 24.1 Å². The number of hydrogen-bond acceptors (Lipinski definition) is 5. The molecule has 0 aliphatic carbocycles. The molecule has 0 aromatic rings. The molecule has 2 aliphatic heterocycles. The molecule has 0 aromatic heterocycles. The van der Waals surface area contributed by atoms with E-state index in [0.29, 0.717) is 11.5 Å². The fourth-order valence-electron chi connectivity index (χ4n) is 1.93. The zero-order valence-electron chi connectivity index (χ0n) is 9.77. The van der Waals surface area contributed by atoms with Crippen molar-refractivity contribution in [3.05, 3.63) is 22.8 Å². The fourth-order valence-corrected chi connectivity index (χ4v) is 2.76. The van der Waals surface area contributed by atoms with Gasteiger partial charge in [-0.3, -0.25) is 4.79 Å². The van der Waals surface area contributed by atoms with Gasteiger partial charge in [0.15, 0.2) is 0 Å². The highest BCUT2D eigenvalue weighted by Crippen LogP contribution is 2.33. The molecular weight excluding hydrogens is 238 g/mol. The van der Waals surface area contributed by atoms with E-state index < -0.39 is 0 Å². The normalized spacial score (nSPS) is 22.2. The third kappa shape index (κ3) is 2.91. The average molecular weight is 253 g/mol. The van der Waals surface area contributed by atoms with E-state index in [4.69, 9.17) is 4.74 Å². The lowest BCUT2D eigenvalue weighted by atomic mass is 10.3. The molecule has 2 rings (SSSR count). The summed E-state index contributed by atoms with van der Waals surface area (Å²) in [6.45, 7) is 3.98. The number of nitrogens with zero attached hydrogens (tertiary/aromatic N) is 1. The highest BCUT2D eigenvalue weighted by Gasteiger charge is 2.27. The van der Waals surface area contributed by atoms with Crippen molar-refractivity contribution in [2.45, 2.75) is 19.8 Å². The minimum absolute atomic E-state index is 0.0300. The first-order valence-electron chi connectivity index (χ1n) is 5.78. The lowest BCUT2D eigenvalue weighted by molar-refractivity contribution is -0.137. The summed E-state index contributed by atoms with van der Waals surface area (Å²) in [7, 11) is 0. The number of thioether (sulfide) groups is 1. The van der Waals surface area contributed by atoms with Crippen LogP contribution in [-0.4, -0.2) is 35.7 Å². The van der Waals surface area contributed by atoms with E-state index in [1.54, 1.807) is 13.0 Å². The van der Waals surface area contributed by atoms with Crippen LogP contribution in [0.2, 0.25) is 0 Å². The molecule has 1 saturated heterocycles. The third-order valence-electron chi connectivity index (χ3n) is 2.69. The first-order valence-corrected chi connectivity index (χ1v) is 6.59. The Morgan fingerprint density at radius 1 is 1.53 bits per heavy atom. The van der Waals surface area contributed by atoms with Gasteiger partial charge in [-0.25, -0.2) is 4.79 Å². The Bertz CT molecular complexity index is 395. The molecule has 5 heteroatoms. The highest BCUT2D eigenvalue weighted by atomic mass is 32.2. The Morgan fingerprint density at radius 2 is 2.24 bits per heavy atom. The quantitative estimate of drug-likeness (QED) is 0.566. The van der Waals surface area contributed by atoms with Crippen molar-refractivity contribution in [1.82, 2.24) is 4.90 Å². The highest BCUT2D eigenvalue weighted by molar-refractivity contribution is 8.18. The monoisotopic (exact) mass is 253 g/mol. The van der Waals surface area contributed by atoms with Crippen LogP contribution >= 0.6 is 11.8 Å². The van der Waals surface area contributed by atoms with Crippen molar-refractivity contribution in [3.8, 4) is 0 Å². The molecule has 2 heterocycles. The van der Waals surface area contributed by atoms with Gasteiger partial charge >= 0.3 is 5.97 Å². The van der Waals surface area contributed by atoms with Gasteiger partial charge in [-0.05, 0) is 37.6 Å². The number of hydrogen-bond donors (Lipinski definition) is 0. The maximum absolute atomic E-state index is 11.8. The number of allylic oxidation sites excluding steroid dienone is 1. The summed E-state index contributed by atoms with van der Waals surface area (Å²) >= 11 is 1.10. The van der Waals surface area contributed by atoms with Gasteiger partial charge in [-0.15, -0.1) is 0 Å². The molecule has 0 saturated carbocycles. The van der Waals surface area contributed by atoms with Crippen molar-refractivity contribution in [3.63, 3.8) is 0 Å². The zero-order chi connectivity index (χ0) is 12.3. The minimum Gasteiger partial charge on any atom is -0.463 e. The smallest absolute Gasteiger partial charge is 0.331 e. The fraction of sp³-hybridized carbons (Fsp3) is 0.500. The van der Waals surface area contributed by atoms with Crippen LogP contribution in [0.3, 0.4) is 0 Å². The summed E-state index contributed by atoms with van der Waals surface area (Å²) in [5, 5.41) is 0.0300. The molecule has 0 N–H and O–H groups in total. The van der Waals surface area contributed by atoms with Crippen molar-refractivity contribution in [1.29, 1.82) is 0 Å². The van der Waals surface area contributed by atoms with Crippen LogP contribution in [-0.2, 0) is 14.3 Å². The predicted molar refractivity (Wildman–Crippen MR) is 66.2 cm³/mol. The van der Waals surface area contributed by atoms with Gasteiger partial charge in [-0.2, -0.15) is 0 Å². The second kappa shape index (κ2) is 5.40. The summed E-state index contributed by atoms with van der Waals surface area (Å²) < 4.78 is 4.82. The first-order chi connectivity index (χ1) is 8.20. The maximum Gasteiger partial charge on any atom is 0.331 e. The largest absolute Gasteiger partial charge is 0.463 e. The van der Waals surface area contributed by atoms with Gasteiger partial charge < -0.3 is 9.64 Å². The average Bonchev–Trinajstić information content (AvgIpc) is 2.87. The van der Waals surface area contributed by atoms with Crippen LogP contribution in [0.25, 0.3) is 0 Å². The summed E-state index contributed by atoms with van der Waals surface area (Å²) in [4.78, 5) is 25.8. The molecule has 0 atom stereocenters. The van der Waals surface area contributed by atoms with E-state index in [0.717, 1.165) is 43.4 Å². The molecule has 0 amide bonds. The molecule has 0 spiro atoms. The second-order valence-corrected chi connectivity index (χ2v) is 4.96. The van der Waals surface area contributed by atoms with E-state index in [9.17, 15) is 9.59 Å². The summed E-state index contributed by atoms with van der Waals surface area (Å²) in [6.07, 6.45) is 5.43. The molecule has 17 heavy (non-hydrogen) atoms. The molecule has 0 bridgehead atoms. The van der Waals surface area contributed by atoms with Gasteiger partial charge in [-0.1, -0.05) is 0 Å². The standard InChI is InChI=1S/C12H15NO3S/c1-2-16-11(14)8-9-7-10(12(15)17-9)13-5-3-4-6-13/h7-8H,2-6H2,1H3/b9-8-. The van der Waals surface area contributed by atoms with Crippen LogP contribution in [0.5, 0.6) is 0 Å². The van der Waals surface area contributed by atoms with Crippen molar-refractivity contribution in [2.75, 3.05) is 19.7 Å². The van der Waals surface area contributed by atoms with Crippen LogP contribution in [0.4, 0.5) is 0 Å². The lowest BCUT2D eigenvalue weighted by Gasteiger charge is -2.16. The topological polar surface area (TPSA) is 46.6 Å². The van der Waals surface area contributed by atoms with Crippen LogP contribution < -0.4 is 0 Å².